The zero-order valence-corrected chi connectivity index (χ0v) is 16.7. The molecule has 1 aliphatic heterocycles. The van der Waals surface area contributed by atoms with Gasteiger partial charge in [-0.05, 0) is 36.2 Å². The van der Waals surface area contributed by atoms with Crippen LogP contribution in [0, 0.1) is 5.41 Å². The first-order chi connectivity index (χ1) is 13.5. The Bertz CT molecular complexity index is 788. The van der Waals surface area contributed by atoms with Gasteiger partial charge in [-0.1, -0.05) is 43.3 Å². The molecular formula is C23H30N2O3. The van der Waals surface area contributed by atoms with E-state index in [4.69, 9.17) is 4.74 Å². The third-order valence-corrected chi connectivity index (χ3v) is 6.60. The molecule has 0 bridgehead atoms. The smallest absolute Gasteiger partial charge is 0.142 e. The van der Waals surface area contributed by atoms with Gasteiger partial charge < -0.3 is 19.8 Å². The maximum absolute atomic E-state index is 10.8. The van der Waals surface area contributed by atoms with Crippen molar-refractivity contribution in [2.24, 2.45) is 5.41 Å². The first-order valence-electron chi connectivity index (χ1n) is 10.1. The van der Waals surface area contributed by atoms with E-state index in [2.05, 4.69) is 15.9 Å². The van der Waals surface area contributed by atoms with E-state index in [9.17, 15) is 10.2 Å². The lowest BCUT2D eigenvalue weighted by Crippen LogP contribution is -2.47. The van der Waals surface area contributed by atoms with Gasteiger partial charge in [-0.2, -0.15) is 0 Å². The Morgan fingerprint density at radius 2 is 1.50 bits per heavy atom. The Balaban J connectivity index is 1.36. The fourth-order valence-corrected chi connectivity index (χ4v) is 4.64. The molecule has 2 N–H and O–H groups in total. The molecule has 5 nitrogen and oxygen atoms in total. The number of fused-ring (bicyclic) bond motifs is 1. The van der Waals surface area contributed by atoms with Gasteiger partial charge in [0.2, 0.25) is 0 Å². The average molecular weight is 383 g/mol. The predicted octanol–water partition coefficient (Wildman–Crippen LogP) is 2.99. The van der Waals surface area contributed by atoms with Crippen LogP contribution < -0.4 is 9.64 Å². The van der Waals surface area contributed by atoms with Crippen molar-refractivity contribution >= 4 is 5.69 Å². The zero-order valence-electron chi connectivity index (χ0n) is 16.7. The molecule has 0 aromatic heterocycles. The molecule has 2 atom stereocenters. The van der Waals surface area contributed by atoms with Crippen LogP contribution in [0.25, 0.3) is 0 Å². The summed E-state index contributed by atoms with van der Waals surface area (Å²) in [5, 5.41) is 21.7. The number of anilines is 1. The van der Waals surface area contributed by atoms with Gasteiger partial charge in [-0.25, -0.2) is 0 Å². The number of ether oxygens (including phenoxy) is 1. The topological polar surface area (TPSA) is 56.2 Å². The molecule has 4 rings (SSSR count). The number of aliphatic hydroxyl groups is 2. The number of para-hydroxylation sites is 2. The number of benzene rings is 2. The van der Waals surface area contributed by atoms with E-state index < -0.39 is 17.6 Å². The van der Waals surface area contributed by atoms with E-state index in [1.165, 1.54) is 0 Å². The van der Waals surface area contributed by atoms with Gasteiger partial charge in [-0.15, -0.1) is 0 Å². The molecular weight excluding hydrogens is 352 g/mol. The highest BCUT2D eigenvalue weighted by Gasteiger charge is 2.48. The first-order valence-corrected chi connectivity index (χ1v) is 10.1. The number of hydrogen-bond acceptors (Lipinski definition) is 5. The van der Waals surface area contributed by atoms with E-state index in [0.29, 0.717) is 0 Å². The van der Waals surface area contributed by atoms with Crippen molar-refractivity contribution in [3.8, 4) is 5.75 Å². The lowest BCUT2D eigenvalue weighted by Gasteiger charge is -2.39. The predicted molar refractivity (Wildman–Crippen MR) is 111 cm³/mol. The Hall–Kier alpha value is -2.08. The number of nitrogens with zero attached hydrogens (tertiary/aromatic N) is 2. The van der Waals surface area contributed by atoms with Gasteiger partial charge in [0.05, 0.1) is 25.0 Å². The lowest BCUT2D eigenvalue weighted by molar-refractivity contribution is -0.0511. The van der Waals surface area contributed by atoms with Crippen LogP contribution in [-0.2, 0) is 0 Å². The van der Waals surface area contributed by atoms with Gasteiger partial charge in [0.25, 0.3) is 0 Å². The summed E-state index contributed by atoms with van der Waals surface area (Å²) in [6.45, 7) is 6.71. The summed E-state index contributed by atoms with van der Waals surface area (Å²) in [4.78, 5) is 4.80. The molecule has 5 heteroatoms. The molecule has 28 heavy (non-hydrogen) atoms. The standard InChI is InChI=1S/C23H30N2O3/c1-23(21(26)17-7-3-4-8-18(17)22(23)27)11-12-24-13-15-25(16-14-24)19-9-5-6-10-20(19)28-2/h3-10,21-22,26-27H,11-16H2,1-2H3. The summed E-state index contributed by atoms with van der Waals surface area (Å²) in [6, 6.07) is 15.9. The molecule has 1 fully saturated rings. The van der Waals surface area contributed by atoms with Crippen LogP contribution in [-0.4, -0.2) is 54.9 Å². The number of hydrogen-bond donors (Lipinski definition) is 2. The summed E-state index contributed by atoms with van der Waals surface area (Å²) < 4.78 is 5.50. The molecule has 1 saturated heterocycles. The highest BCUT2D eigenvalue weighted by atomic mass is 16.5. The number of rotatable bonds is 5. The van der Waals surface area contributed by atoms with Crippen LogP contribution >= 0.6 is 0 Å². The van der Waals surface area contributed by atoms with E-state index in [-0.39, 0.29) is 0 Å². The molecule has 0 amide bonds. The summed E-state index contributed by atoms with van der Waals surface area (Å²) in [5.74, 6) is 0.915. The van der Waals surface area contributed by atoms with E-state index >= 15 is 0 Å². The van der Waals surface area contributed by atoms with Crippen LogP contribution in [0.15, 0.2) is 48.5 Å². The quantitative estimate of drug-likeness (QED) is 0.833. The first kappa shape index (κ1) is 19.2. The van der Waals surface area contributed by atoms with Crippen LogP contribution in [0.3, 0.4) is 0 Å². The summed E-state index contributed by atoms with van der Waals surface area (Å²) >= 11 is 0. The van der Waals surface area contributed by atoms with E-state index in [1.54, 1.807) is 7.11 Å². The molecule has 0 radical (unpaired) electrons. The second kappa shape index (κ2) is 7.74. The van der Waals surface area contributed by atoms with Crippen molar-refractivity contribution < 1.29 is 14.9 Å². The molecule has 0 spiro atoms. The Morgan fingerprint density at radius 1 is 0.929 bits per heavy atom. The molecule has 2 unspecified atom stereocenters. The number of piperazine rings is 1. The second-order valence-electron chi connectivity index (χ2n) is 8.19. The van der Waals surface area contributed by atoms with Crippen molar-refractivity contribution in [1.29, 1.82) is 0 Å². The molecule has 0 saturated carbocycles. The molecule has 1 heterocycles. The van der Waals surface area contributed by atoms with Gasteiger partial charge >= 0.3 is 0 Å². The third-order valence-electron chi connectivity index (χ3n) is 6.60. The van der Waals surface area contributed by atoms with Crippen LogP contribution in [0.2, 0.25) is 0 Å². The Kier molecular flexibility index (Phi) is 5.32. The lowest BCUT2D eigenvalue weighted by atomic mass is 9.79. The number of aliphatic hydroxyl groups excluding tert-OH is 2. The van der Waals surface area contributed by atoms with Gasteiger partial charge in [0.1, 0.15) is 5.75 Å². The molecule has 2 aliphatic rings. The van der Waals surface area contributed by atoms with Crippen LogP contribution in [0.5, 0.6) is 5.75 Å². The van der Waals surface area contributed by atoms with Gasteiger partial charge in [0, 0.05) is 31.6 Å². The fraction of sp³-hybridized carbons (Fsp3) is 0.478. The zero-order chi connectivity index (χ0) is 19.7. The molecule has 2 aromatic rings. The molecule has 1 aliphatic carbocycles. The maximum atomic E-state index is 10.8. The maximum Gasteiger partial charge on any atom is 0.142 e. The summed E-state index contributed by atoms with van der Waals surface area (Å²) in [6.07, 6.45) is -0.472. The number of methoxy groups -OCH3 is 1. The van der Waals surface area contributed by atoms with Crippen LogP contribution in [0.1, 0.15) is 36.7 Å². The van der Waals surface area contributed by atoms with E-state index in [1.807, 2.05) is 49.4 Å². The second-order valence-corrected chi connectivity index (χ2v) is 8.19. The van der Waals surface area contributed by atoms with Crippen molar-refractivity contribution in [2.75, 3.05) is 44.7 Å². The fourth-order valence-electron chi connectivity index (χ4n) is 4.64. The highest BCUT2D eigenvalue weighted by Crippen LogP contribution is 2.54. The normalized spacial score (nSPS) is 27.6. The average Bonchev–Trinajstić information content (AvgIpc) is 2.94. The van der Waals surface area contributed by atoms with Crippen molar-refractivity contribution in [1.82, 2.24) is 4.90 Å². The van der Waals surface area contributed by atoms with Crippen molar-refractivity contribution in [3.63, 3.8) is 0 Å². The largest absolute Gasteiger partial charge is 0.495 e. The van der Waals surface area contributed by atoms with Gasteiger partial charge in [-0.3, -0.25) is 4.90 Å². The van der Waals surface area contributed by atoms with Gasteiger partial charge in [0.15, 0.2) is 0 Å². The summed E-state index contributed by atoms with van der Waals surface area (Å²) in [5.41, 5.74) is 2.36. The van der Waals surface area contributed by atoms with E-state index in [0.717, 1.165) is 61.7 Å². The minimum atomic E-state index is -0.617. The Morgan fingerprint density at radius 3 is 2.11 bits per heavy atom. The van der Waals surface area contributed by atoms with Crippen LogP contribution in [0.4, 0.5) is 5.69 Å². The monoisotopic (exact) mass is 382 g/mol. The molecule has 150 valence electrons. The highest BCUT2D eigenvalue weighted by molar-refractivity contribution is 5.58. The van der Waals surface area contributed by atoms with Crippen molar-refractivity contribution in [3.05, 3.63) is 59.7 Å². The SMILES string of the molecule is COc1ccccc1N1CCN(CCC2(C)C(O)c3ccccc3C2O)CC1. The van der Waals surface area contributed by atoms with Crippen molar-refractivity contribution in [2.45, 2.75) is 25.6 Å². The third kappa shape index (κ3) is 3.28. The Labute approximate surface area is 167 Å². The summed E-state index contributed by atoms with van der Waals surface area (Å²) in [7, 11) is 1.71. The minimum Gasteiger partial charge on any atom is -0.495 e. The molecule has 2 aromatic carbocycles. The minimum absolute atomic E-state index is 0.538.